The van der Waals surface area contributed by atoms with Gasteiger partial charge in [-0.05, 0) is 36.4 Å². The molecule has 204 valence electrons. The molecule has 4 rings (SSSR count). The van der Waals surface area contributed by atoms with Crippen LogP contribution in [0.15, 0.2) is 65.7 Å². The van der Waals surface area contributed by atoms with Crippen LogP contribution in [0.25, 0.3) is 10.9 Å². The minimum Gasteiger partial charge on any atom is -0.489 e. The third-order valence-electron chi connectivity index (χ3n) is 6.33. The SMILES string of the molecule is CS(=O)(=O)N1CCN(C(CNS(=O)(=O)c2ccc(OCc3ccnc4ccccc34)cc2)C(=O)NO)CC1. The minimum atomic E-state index is -3.99. The molecule has 0 aliphatic carbocycles. The molecule has 2 heterocycles. The molecule has 1 amide bonds. The molecule has 1 atom stereocenters. The van der Waals surface area contributed by atoms with Crippen molar-refractivity contribution in [2.75, 3.05) is 39.0 Å². The number of rotatable bonds is 10. The lowest BCUT2D eigenvalue weighted by atomic mass is 10.1. The molecule has 1 saturated heterocycles. The number of benzene rings is 2. The van der Waals surface area contributed by atoms with Crippen LogP contribution in [0.4, 0.5) is 0 Å². The summed E-state index contributed by atoms with van der Waals surface area (Å²) in [6, 6.07) is 14.4. The number of nitrogens with one attached hydrogen (secondary N) is 2. The largest absolute Gasteiger partial charge is 0.489 e. The molecule has 1 aromatic heterocycles. The molecule has 0 spiro atoms. The number of hydrogen-bond donors (Lipinski definition) is 3. The molecule has 1 fully saturated rings. The Labute approximate surface area is 221 Å². The van der Waals surface area contributed by atoms with Crippen LogP contribution in [0.1, 0.15) is 5.56 Å². The third-order valence-corrected chi connectivity index (χ3v) is 9.07. The average Bonchev–Trinajstić information content (AvgIpc) is 2.91. The van der Waals surface area contributed by atoms with Crippen LogP contribution < -0.4 is 14.9 Å². The van der Waals surface area contributed by atoms with E-state index < -0.39 is 32.0 Å². The number of carbonyl (C=O) groups is 1. The van der Waals surface area contributed by atoms with Gasteiger partial charge in [-0.3, -0.25) is 19.9 Å². The first-order valence-electron chi connectivity index (χ1n) is 11.8. The number of amides is 1. The Morgan fingerprint density at radius 3 is 2.37 bits per heavy atom. The van der Waals surface area contributed by atoms with Crippen molar-refractivity contribution in [3.63, 3.8) is 0 Å². The first kappa shape index (κ1) is 27.9. The van der Waals surface area contributed by atoms with Crippen LogP contribution in [-0.2, 0) is 31.4 Å². The van der Waals surface area contributed by atoms with Gasteiger partial charge in [0.15, 0.2) is 0 Å². The Kier molecular flexibility index (Phi) is 8.60. The lowest BCUT2D eigenvalue weighted by Crippen LogP contribution is -2.58. The van der Waals surface area contributed by atoms with E-state index in [0.29, 0.717) is 5.75 Å². The molecule has 14 heteroatoms. The fourth-order valence-electron chi connectivity index (χ4n) is 4.24. The lowest BCUT2D eigenvalue weighted by molar-refractivity contribution is -0.135. The van der Waals surface area contributed by atoms with Gasteiger partial charge in [0.2, 0.25) is 20.0 Å². The third kappa shape index (κ3) is 6.64. The Bertz CT molecular complexity index is 1480. The number of ether oxygens (including phenoxy) is 1. The van der Waals surface area contributed by atoms with Gasteiger partial charge in [0.1, 0.15) is 18.4 Å². The molecule has 1 aliphatic rings. The summed E-state index contributed by atoms with van der Waals surface area (Å²) in [5, 5.41) is 10.1. The van der Waals surface area contributed by atoms with Crippen molar-refractivity contribution in [1.29, 1.82) is 0 Å². The predicted molar refractivity (Wildman–Crippen MR) is 139 cm³/mol. The number of para-hydroxylation sites is 1. The van der Waals surface area contributed by atoms with Crippen molar-refractivity contribution in [2.24, 2.45) is 0 Å². The molecule has 1 unspecified atom stereocenters. The minimum absolute atomic E-state index is 0.0238. The number of fused-ring (bicyclic) bond motifs is 1. The summed E-state index contributed by atoms with van der Waals surface area (Å²) in [6.45, 7) is 0.658. The molecule has 3 aromatic rings. The maximum absolute atomic E-state index is 12.9. The second kappa shape index (κ2) is 11.7. The Balaban J connectivity index is 1.38. The van der Waals surface area contributed by atoms with Gasteiger partial charge in [0.05, 0.1) is 16.7 Å². The van der Waals surface area contributed by atoms with Crippen LogP contribution in [0.2, 0.25) is 0 Å². The van der Waals surface area contributed by atoms with Crippen LogP contribution in [0.5, 0.6) is 5.75 Å². The van der Waals surface area contributed by atoms with Gasteiger partial charge in [-0.1, -0.05) is 18.2 Å². The first-order chi connectivity index (χ1) is 18.1. The summed E-state index contributed by atoms with van der Waals surface area (Å²) in [6.07, 6.45) is 2.81. The van der Waals surface area contributed by atoms with Crippen molar-refractivity contribution in [3.8, 4) is 5.75 Å². The zero-order chi connectivity index (χ0) is 27.3. The summed E-state index contributed by atoms with van der Waals surface area (Å²) in [4.78, 5) is 18.2. The summed E-state index contributed by atoms with van der Waals surface area (Å²) in [7, 11) is -7.36. The highest BCUT2D eigenvalue weighted by Crippen LogP contribution is 2.21. The van der Waals surface area contributed by atoms with E-state index in [4.69, 9.17) is 9.94 Å². The van der Waals surface area contributed by atoms with Crippen molar-refractivity contribution >= 4 is 36.9 Å². The Morgan fingerprint density at radius 1 is 1.03 bits per heavy atom. The van der Waals surface area contributed by atoms with E-state index >= 15 is 0 Å². The van der Waals surface area contributed by atoms with E-state index in [-0.39, 0.29) is 44.2 Å². The number of carbonyl (C=O) groups excluding carboxylic acids is 1. The van der Waals surface area contributed by atoms with E-state index in [9.17, 15) is 21.6 Å². The number of pyridine rings is 1. The Morgan fingerprint density at radius 2 is 1.71 bits per heavy atom. The molecular formula is C24H29N5O7S2. The highest BCUT2D eigenvalue weighted by Gasteiger charge is 2.32. The number of piperazine rings is 1. The topological polar surface area (TPSA) is 158 Å². The fourth-order valence-corrected chi connectivity index (χ4v) is 6.10. The maximum Gasteiger partial charge on any atom is 0.262 e. The standard InChI is InChI=1S/C24H29N5O7S2/c1-37(32,33)29-14-12-28(13-15-29)23(24(30)27-31)16-26-38(34,35)20-8-6-19(7-9-20)36-17-18-10-11-25-22-5-3-2-4-21(18)22/h2-11,23,26,31H,12-17H2,1H3,(H,27,30). The lowest BCUT2D eigenvalue weighted by Gasteiger charge is -2.37. The van der Waals surface area contributed by atoms with Gasteiger partial charge in [-0.2, -0.15) is 4.31 Å². The molecule has 0 radical (unpaired) electrons. The monoisotopic (exact) mass is 563 g/mol. The van der Waals surface area contributed by atoms with Crippen molar-refractivity contribution < 1.29 is 31.6 Å². The summed E-state index contributed by atoms with van der Waals surface area (Å²) < 4.78 is 58.8. The summed E-state index contributed by atoms with van der Waals surface area (Å²) in [5.74, 6) is -0.320. The van der Waals surface area contributed by atoms with E-state index in [1.165, 1.54) is 16.4 Å². The van der Waals surface area contributed by atoms with Crippen LogP contribution >= 0.6 is 0 Å². The molecule has 38 heavy (non-hydrogen) atoms. The fraction of sp³-hybridized carbons (Fsp3) is 0.333. The molecule has 12 nitrogen and oxygen atoms in total. The van der Waals surface area contributed by atoms with Gasteiger partial charge in [-0.25, -0.2) is 27.0 Å². The van der Waals surface area contributed by atoms with Crippen molar-refractivity contribution in [2.45, 2.75) is 17.5 Å². The second-order valence-corrected chi connectivity index (χ2v) is 12.5. The molecule has 3 N–H and O–H groups in total. The number of nitrogens with zero attached hydrogens (tertiary/aromatic N) is 3. The summed E-state index contributed by atoms with van der Waals surface area (Å²) in [5.41, 5.74) is 3.36. The van der Waals surface area contributed by atoms with Gasteiger partial charge >= 0.3 is 0 Å². The van der Waals surface area contributed by atoms with Crippen molar-refractivity contribution in [3.05, 3.63) is 66.4 Å². The average molecular weight is 564 g/mol. The molecule has 0 bridgehead atoms. The molecule has 1 aliphatic heterocycles. The Hall–Kier alpha value is -3.14. The first-order valence-corrected chi connectivity index (χ1v) is 15.1. The number of hydrogen-bond acceptors (Lipinski definition) is 9. The zero-order valence-corrected chi connectivity index (χ0v) is 22.3. The maximum atomic E-state index is 12.9. The second-order valence-electron chi connectivity index (χ2n) is 8.79. The number of aromatic nitrogens is 1. The van der Waals surface area contributed by atoms with Gasteiger partial charge in [0.25, 0.3) is 5.91 Å². The highest BCUT2D eigenvalue weighted by molar-refractivity contribution is 7.89. The summed E-state index contributed by atoms with van der Waals surface area (Å²) >= 11 is 0. The van der Waals surface area contributed by atoms with Crippen LogP contribution in [0.3, 0.4) is 0 Å². The smallest absolute Gasteiger partial charge is 0.262 e. The quantitative estimate of drug-likeness (QED) is 0.236. The van der Waals surface area contributed by atoms with Gasteiger partial charge in [-0.15, -0.1) is 0 Å². The molecular weight excluding hydrogens is 534 g/mol. The van der Waals surface area contributed by atoms with Crippen LogP contribution in [-0.4, -0.2) is 87.2 Å². The van der Waals surface area contributed by atoms with Crippen molar-refractivity contribution in [1.82, 2.24) is 24.4 Å². The molecule has 0 saturated carbocycles. The number of sulfonamides is 2. The molecule has 2 aromatic carbocycles. The predicted octanol–water partition coefficient (Wildman–Crippen LogP) is 0.543. The van der Waals surface area contributed by atoms with E-state index in [1.54, 1.807) is 28.7 Å². The van der Waals surface area contributed by atoms with E-state index in [0.717, 1.165) is 22.7 Å². The van der Waals surface area contributed by atoms with E-state index in [1.807, 2.05) is 30.3 Å². The van der Waals surface area contributed by atoms with E-state index in [2.05, 4.69) is 9.71 Å². The van der Waals surface area contributed by atoms with Gasteiger partial charge in [0, 0.05) is 49.9 Å². The normalized spacial score (nSPS) is 16.3. The highest BCUT2D eigenvalue weighted by atomic mass is 32.2. The number of hydroxylamine groups is 1. The zero-order valence-electron chi connectivity index (χ0n) is 20.6. The van der Waals surface area contributed by atoms with Crippen LogP contribution in [0, 0.1) is 0 Å². The van der Waals surface area contributed by atoms with Gasteiger partial charge < -0.3 is 4.74 Å².